The first kappa shape index (κ1) is 15.2. The van der Waals surface area contributed by atoms with Crippen molar-refractivity contribution in [2.45, 2.75) is 13.3 Å². The van der Waals surface area contributed by atoms with E-state index in [1.54, 1.807) is 26.1 Å². The average molecular weight is 293 g/mol. The summed E-state index contributed by atoms with van der Waals surface area (Å²) in [5.74, 6) is -0.286. The topological polar surface area (TPSA) is 76.1 Å². The number of likely N-dealkylation sites (N-methyl/N-ethyl adjacent to an activating group) is 1. The van der Waals surface area contributed by atoms with E-state index in [1.165, 1.54) is 4.90 Å². The van der Waals surface area contributed by atoms with Crippen LogP contribution in [0.15, 0.2) is 18.2 Å². The fourth-order valence-corrected chi connectivity index (χ4v) is 2.10. The van der Waals surface area contributed by atoms with Gasteiger partial charge in [0.2, 0.25) is 5.91 Å². The van der Waals surface area contributed by atoms with Gasteiger partial charge in [-0.05, 0) is 17.7 Å². The molecule has 1 aliphatic heterocycles. The van der Waals surface area contributed by atoms with Gasteiger partial charge in [-0.1, -0.05) is 13.0 Å². The zero-order valence-corrected chi connectivity index (χ0v) is 12.2. The molecule has 0 fully saturated rings. The zero-order valence-electron chi connectivity index (χ0n) is 12.2. The Kier molecular flexibility index (Phi) is 4.67. The Balaban J connectivity index is 1.97. The number of hydrogen-bond acceptors (Lipinski definition) is 4. The highest BCUT2D eigenvalue weighted by molar-refractivity contribution is 5.79. The van der Waals surface area contributed by atoms with Crippen molar-refractivity contribution in [2.75, 3.05) is 26.8 Å². The van der Waals surface area contributed by atoms with Gasteiger partial charge in [-0.2, -0.15) is 0 Å². The fraction of sp³-hybridized carbons (Fsp3) is 0.467. The molecule has 6 nitrogen and oxygen atoms in total. The Morgan fingerprint density at radius 3 is 2.62 bits per heavy atom. The van der Waals surface area contributed by atoms with Crippen molar-refractivity contribution < 1.29 is 24.2 Å². The van der Waals surface area contributed by atoms with E-state index in [2.05, 4.69) is 0 Å². The van der Waals surface area contributed by atoms with Crippen LogP contribution in [0, 0.1) is 5.92 Å². The number of nitrogens with zero attached hydrogens (tertiary/aromatic N) is 1. The Bertz CT molecular complexity index is 543. The molecule has 1 N–H and O–H groups in total. The summed E-state index contributed by atoms with van der Waals surface area (Å²) in [5, 5.41) is 8.87. The summed E-state index contributed by atoms with van der Waals surface area (Å²) in [6, 6.07) is 5.40. The predicted molar refractivity (Wildman–Crippen MR) is 75.6 cm³/mol. The molecule has 1 aromatic carbocycles. The van der Waals surface area contributed by atoms with Crippen molar-refractivity contribution in [3.05, 3.63) is 23.8 Å². The molecule has 1 atom stereocenters. The largest absolute Gasteiger partial charge is 0.486 e. The molecule has 0 saturated heterocycles. The maximum absolute atomic E-state index is 12.1. The van der Waals surface area contributed by atoms with Crippen LogP contribution < -0.4 is 9.47 Å². The molecule has 0 aromatic heterocycles. The summed E-state index contributed by atoms with van der Waals surface area (Å²) in [6.45, 7) is 2.80. The molecule has 0 saturated carbocycles. The van der Waals surface area contributed by atoms with Crippen molar-refractivity contribution in [3.63, 3.8) is 0 Å². The van der Waals surface area contributed by atoms with Gasteiger partial charge >= 0.3 is 5.97 Å². The van der Waals surface area contributed by atoms with Gasteiger partial charge in [0.05, 0.1) is 12.3 Å². The van der Waals surface area contributed by atoms with Gasteiger partial charge in [0.25, 0.3) is 0 Å². The molecule has 0 radical (unpaired) electrons. The molecule has 1 aromatic rings. The molecule has 1 amide bonds. The predicted octanol–water partition coefficient (Wildman–Crippen LogP) is 1.18. The fourth-order valence-electron chi connectivity index (χ4n) is 2.10. The van der Waals surface area contributed by atoms with Crippen molar-refractivity contribution in [1.29, 1.82) is 0 Å². The van der Waals surface area contributed by atoms with Crippen molar-refractivity contribution in [1.82, 2.24) is 4.90 Å². The summed E-state index contributed by atoms with van der Waals surface area (Å²) in [7, 11) is 1.61. The van der Waals surface area contributed by atoms with Crippen molar-refractivity contribution in [2.24, 2.45) is 5.92 Å². The SMILES string of the molecule is C[C@@H](CN(C)C(=O)Cc1ccc2c(c1)OCCO2)C(=O)O. The Morgan fingerprint density at radius 1 is 1.29 bits per heavy atom. The number of fused-ring (bicyclic) bond motifs is 1. The van der Waals surface area contributed by atoms with E-state index in [0.29, 0.717) is 24.7 Å². The molecular weight excluding hydrogens is 274 g/mol. The molecule has 1 heterocycles. The number of carbonyl (C=O) groups excluding carboxylic acids is 1. The second kappa shape index (κ2) is 6.47. The number of rotatable bonds is 5. The van der Waals surface area contributed by atoms with E-state index in [9.17, 15) is 9.59 Å². The molecular formula is C15H19NO5. The second-order valence-electron chi connectivity index (χ2n) is 5.17. The molecule has 2 rings (SSSR count). The third-order valence-electron chi connectivity index (χ3n) is 3.36. The first-order valence-corrected chi connectivity index (χ1v) is 6.82. The normalized spacial score (nSPS) is 14.4. The third kappa shape index (κ3) is 3.87. The lowest BCUT2D eigenvalue weighted by atomic mass is 10.1. The number of carbonyl (C=O) groups is 2. The first-order valence-electron chi connectivity index (χ1n) is 6.82. The number of hydrogen-bond donors (Lipinski definition) is 1. The summed E-state index contributed by atoms with van der Waals surface area (Å²) in [5.41, 5.74) is 0.819. The molecule has 0 aliphatic carbocycles. The van der Waals surface area contributed by atoms with Crippen LogP contribution in [-0.4, -0.2) is 48.7 Å². The van der Waals surface area contributed by atoms with Crippen LogP contribution in [0.3, 0.4) is 0 Å². The quantitative estimate of drug-likeness (QED) is 0.882. The van der Waals surface area contributed by atoms with Crippen molar-refractivity contribution >= 4 is 11.9 Å². The number of aliphatic carboxylic acids is 1. The molecule has 6 heteroatoms. The number of benzene rings is 1. The Hall–Kier alpha value is -2.24. The van der Waals surface area contributed by atoms with Crippen LogP contribution in [-0.2, 0) is 16.0 Å². The smallest absolute Gasteiger partial charge is 0.308 e. The lowest BCUT2D eigenvalue weighted by Gasteiger charge is -2.21. The summed E-state index contributed by atoms with van der Waals surface area (Å²) >= 11 is 0. The Labute approximate surface area is 123 Å². The van der Waals surface area contributed by atoms with E-state index in [0.717, 1.165) is 5.56 Å². The van der Waals surface area contributed by atoms with Crippen LogP contribution in [0.1, 0.15) is 12.5 Å². The minimum atomic E-state index is -0.908. The maximum Gasteiger partial charge on any atom is 0.308 e. The van der Waals surface area contributed by atoms with E-state index in [4.69, 9.17) is 14.6 Å². The molecule has 0 spiro atoms. The van der Waals surface area contributed by atoms with E-state index in [-0.39, 0.29) is 18.9 Å². The van der Waals surface area contributed by atoms with Gasteiger partial charge in [-0.15, -0.1) is 0 Å². The van der Waals surface area contributed by atoms with Crippen LogP contribution in [0.2, 0.25) is 0 Å². The minimum absolute atomic E-state index is 0.125. The van der Waals surface area contributed by atoms with Gasteiger partial charge in [-0.3, -0.25) is 9.59 Å². The lowest BCUT2D eigenvalue weighted by Crippen LogP contribution is -2.34. The maximum atomic E-state index is 12.1. The first-order chi connectivity index (χ1) is 9.97. The Morgan fingerprint density at radius 2 is 1.95 bits per heavy atom. The molecule has 1 aliphatic rings. The van der Waals surface area contributed by atoms with Gasteiger partial charge in [0, 0.05) is 13.6 Å². The highest BCUT2D eigenvalue weighted by Gasteiger charge is 2.18. The van der Waals surface area contributed by atoms with Crippen LogP contribution in [0.5, 0.6) is 11.5 Å². The van der Waals surface area contributed by atoms with E-state index in [1.807, 2.05) is 6.07 Å². The highest BCUT2D eigenvalue weighted by Crippen LogP contribution is 2.30. The van der Waals surface area contributed by atoms with Crippen molar-refractivity contribution in [3.8, 4) is 11.5 Å². The number of carboxylic acids is 1. The lowest BCUT2D eigenvalue weighted by molar-refractivity contribution is -0.142. The van der Waals surface area contributed by atoms with Crippen LogP contribution in [0.25, 0.3) is 0 Å². The van der Waals surface area contributed by atoms with Gasteiger partial charge < -0.3 is 19.5 Å². The van der Waals surface area contributed by atoms with E-state index < -0.39 is 11.9 Å². The zero-order chi connectivity index (χ0) is 15.4. The second-order valence-corrected chi connectivity index (χ2v) is 5.17. The van der Waals surface area contributed by atoms with Crippen LogP contribution >= 0.6 is 0 Å². The minimum Gasteiger partial charge on any atom is -0.486 e. The standard InChI is InChI=1S/C15H19NO5/c1-10(15(18)19)9-16(2)14(17)8-11-3-4-12-13(7-11)21-6-5-20-12/h3-4,7,10H,5-6,8-9H2,1-2H3,(H,18,19)/t10-/m0/s1. The molecule has 0 unspecified atom stereocenters. The number of carboxylic acid groups (broad SMARTS) is 1. The average Bonchev–Trinajstić information content (AvgIpc) is 2.46. The summed E-state index contributed by atoms with van der Waals surface area (Å²) < 4.78 is 10.9. The van der Waals surface area contributed by atoms with Crippen LogP contribution in [0.4, 0.5) is 0 Å². The highest BCUT2D eigenvalue weighted by atomic mass is 16.6. The van der Waals surface area contributed by atoms with E-state index >= 15 is 0 Å². The van der Waals surface area contributed by atoms with Gasteiger partial charge in [-0.25, -0.2) is 0 Å². The number of amides is 1. The monoisotopic (exact) mass is 293 g/mol. The number of ether oxygens (including phenoxy) is 2. The van der Waals surface area contributed by atoms with Gasteiger partial charge in [0.1, 0.15) is 13.2 Å². The molecule has 114 valence electrons. The molecule has 0 bridgehead atoms. The third-order valence-corrected chi connectivity index (χ3v) is 3.36. The summed E-state index contributed by atoms with van der Waals surface area (Å²) in [4.78, 5) is 24.3. The summed E-state index contributed by atoms with van der Waals surface area (Å²) in [6.07, 6.45) is 0.208. The van der Waals surface area contributed by atoms with Gasteiger partial charge in [0.15, 0.2) is 11.5 Å². The molecule has 21 heavy (non-hydrogen) atoms.